The van der Waals surface area contributed by atoms with Crippen LogP contribution < -0.4 is 0 Å². The molecule has 3 rings (SSSR count). The van der Waals surface area contributed by atoms with E-state index in [-0.39, 0.29) is 0 Å². The Balaban J connectivity index is 0.000000247. The molecule has 3 saturated carbocycles. The van der Waals surface area contributed by atoms with Crippen LogP contribution in [0.4, 0.5) is 0 Å². The van der Waals surface area contributed by atoms with E-state index < -0.39 is 0 Å². The predicted molar refractivity (Wildman–Crippen MR) is 152 cm³/mol. The minimum atomic E-state index is 0.924. The predicted octanol–water partition coefficient (Wildman–Crippen LogP) is 11.6. The summed E-state index contributed by atoms with van der Waals surface area (Å²) in [6.07, 6.45) is 22.2. The maximum atomic E-state index is 2.37. The Hall–Kier alpha value is 0. The Kier molecular flexibility index (Phi) is 16.4. The second kappa shape index (κ2) is 17.4. The maximum Gasteiger partial charge on any atom is -0.0391 e. The minimum Gasteiger partial charge on any atom is -0.0651 e. The van der Waals surface area contributed by atoms with Crippen LogP contribution in [0.25, 0.3) is 0 Å². The summed E-state index contributed by atoms with van der Waals surface area (Å²) in [5.74, 6) is 9.07. The van der Waals surface area contributed by atoms with Crippen LogP contribution in [-0.2, 0) is 0 Å². The van der Waals surface area contributed by atoms with Crippen LogP contribution in [0, 0.1) is 53.3 Å². The molecule has 0 aromatic rings. The second-order valence-corrected chi connectivity index (χ2v) is 13.3. The molecule has 0 N–H and O–H groups in total. The average Bonchev–Trinajstić information content (AvgIpc) is 2.84. The van der Waals surface area contributed by atoms with Crippen molar-refractivity contribution in [3.8, 4) is 0 Å². The zero-order chi connectivity index (χ0) is 24.8. The van der Waals surface area contributed by atoms with Crippen molar-refractivity contribution < 1.29 is 0 Å². The van der Waals surface area contributed by atoms with Gasteiger partial charge in [-0.3, -0.25) is 0 Å². The molecule has 3 aliphatic carbocycles. The van der Waals surface area contributed by atoms with Crippen molar-refractivity contribution in [2.45, 2.75) is 159 Å². The van der Waals surface area contributed by atoms with E-state index in [1.54, 1.807) is 0 Å². The standard InChI is InChI=1S/3C11H22/c3*1-4-10-5-7-11(8-6-10)9(2)3/h3*9-11H,4-8H2,1-3H3. The second-order valence-electron chi connectivity index (χ2n) is 13.3. The molecule has 0 amide bonds. The summed E-state index contributed by atoms with van der Waals surface area (Å²) in [5.41, 5.74) is 0. The van der Waals surface area contributed by atoms with Gasteiger partial charge in [0.15, 0.2) is 0 Å². The highest BCUT2D eigenvalue weighted by Crippen LogP contribution is 2.36. The van der Waals surface area contributed by atoms with Gasteiger partial charge in [0.05, 0.1) is 0 Å². The first-order chi connectivity index (χ1) is 15.7. The van der Waals surface area contributed by atoms with Crippen LogP contribution >= 0.6 is 0 Å². The highest BCUT2D eigenvalue weighted by atomic mass is 14.3. The Morgan fingerprint density at radius 3 is 0.667 bits per heavy atom. The molecule has 0 heterocycles. The summed E-state index contributed by atoms with van der Waals surface area (Å²) in [6.45, 7) is 21.2. The number of hydrogen-bond donors (Lipinski definition) is 0. The largest absolute Gasteiger partial charge is 0.0651 e. The lowest BCUT2D eigenvalue weighted by Crippen LogP contribution is -2.17. The van der Waals surface area contributed by atoms with E-state index in [1.807, 2.05) is 0 Å². The molecule has 0 saturated heterocycles. The van der Waals surface area contributed by atoms with Gasteiger partial charge in [-0.05, 0) is 91.8 Å². The highest BCUT2D eigenvalue weighted by Gasteiger charge is 2.23. The molecular formula is C33H66. The lowest BCUT2D eigenvalue weighted by molar-refractivity contribution is 0.221. The molecule has 0 heteroatoms. The van der Waals surface area contributed by atoms with E-state index in [4.69, 9.17) is 0 Å². The Morgan fingerprint density at radius 1 is 0.364 bits per heavy atom. The van der Waals surface area contributed by atoms with Crippen molar-refractivity contribution >= 4 is 0 Å². The summed E-state index contributed by atoms with van der Waals surface area (Å²) >= 11 is 0. The van der Waals surface area contributed by atoms with Crippen molar-refractivity contribution in [1.82, 2.24) is 0 Å². The van der Waals surface area contributed by atoms with Gasteiger partial charge in [-0.1, -0.05) is 120 Å². The fraction of sp³-hybridized carbons (Fsp3) is 1.00. The summed E-state index contributed by atoms with van der Waals surface area (Å²) < 4.78 is 0. The summed E-state index contributed by atoms with van der Waals surface area (Å²) in [4.78, 5) is 0. The topological polar surface area (TPSA) is 0 Å². The monoisotopic (exact) mass is 463 g/mol. The van der Waals surface area contributed by atoms with Crippen LogP contribution in [0.15, 0.2) is 0 Å². The van der Waals surface area contributed by atoms with Gasteiger partial charge in [0, 0.05) is 0 Å². The third-order valence-electron chi connectivity index (χ3n) is 10.2. The molecule has 0 nitrogen and oxygen atoms in total. The lowest BCUT2D eigenvalue weighted by Gasteiger charge is -2.30. The van der Waals surface area contributed by atoms with E-state index in [9.17, 15) is 0 Å². The molecule has 33 heavy (non-hydrogen) atoms. The van der Waals surface area contributed by atoms with E-state index in [0.717, 1.165) is 53.3 Å². The first-order valence-electron chi connectivity index (χ1n) is 15.7. The van der Waals surface area contributed by atoms with Gasteiger partial charge < -0.3 is 0 Å². The van der Waals surface area contributed by atoms with E-state index >= 15 is 0 Å². The van der Waals surface area contributed by atoms with Crippen molar-refractivity contribution in [2.75, 3.05) is 0 Å². The van der Waals surface area contributed by atoms with Crippen LogP contribution in [0.1, 0.15) is 159 Å². The Morgan fingerprint density at radius 2 is 0.545 bits per heavy atom. The summed E-state index contributed by atoms with van der Waals surface area (Å²) in [6, 6.07) is 0. The molecular weight excluding hydrogens is 396 g/mol. The molecule has 0 spiro atoms. The van der Waals surface area contributed by atoms with Gasteiger partial charge in [0.1, 0.15) is 0 Å². The lowest BCUT2D eigenvalue weighted by atomic mass is 9.76. The van der Waals surface area contributed by atoms with Crippen LogP contribution in [0.2, 0.25) is 0 Å². The maximum absolute atomic E-state index is 2.37. The first-order valence-corrected chi connectivity index (χ1v) is 15.7. The first kappa shape index (κ1) is 31.0. The van der Waals surface area contributed by atoms with Crippen LogP contribution in [0.3, 0.4) is 0 Å². The molecule has 0 unspecified atom stereocenters. The van der Waals surface area contributed by atoms with Crippen LogP contribution in [-0.4, -0.2) is 0 Å². The van der Waals surface area contributed by atoms with E-state index in [0.29, 0.717) is 0 Å². The van der Waals surface area contributed by atoms with Gasteiger partial charge >= 0.3 is 0 Å². The molecule has 0 bridgehead atoms. The number of hydrogen-bond acceptors (Lipinski definition) is 0. The SMILES string of the molecule is CCC1CCC(C(C)C)CC1.CCC1CCC(C(C)C)CC1.CCC1CCC(C(C)C)CC1. The molecule has 0 radical (unpaired) electrons. The zero-order valence-corrected chi connectivity index (χ0v) is 24.8. The van der Waals surface area contributed by atoms with Crippen molar-refractivity contribution in [2.24, 2.45) is 53.3 Å². The Bertz CT molecular complexity index is 356. The molecule has 0 aromatic carbocycles. The van der Waals surface area contributed by atoms with Crippen molar-refractivity contribution in [3.63, 3.8) is 0 Å². The molecule has 0 aliphatic heterocycles. The zero-order valence-electron chi connectivity index (χ0n) is 24.8. The Labute approximate surface area is 211 Å². The summed E-state index contributed by atoms with van der Waals surface area (Å²) in [5, 5.41) is 0. The fourth-order valence-corrected chi connectivity index (χ4v) is 6.79. The molecule has 3 fully saturated rings. The minimum absolute atomic E-state index is 0.924. The van der Waals surface area contributed by atoms with Gasteiger partial charge in [-0.15, -0.1) is 0 Å². The van der Waals surface area contributed by atoms with Gasteiger partial charge in [-0.25, -0.2) is 0 Å². The smallest absolute Gasteiger partial charge is 0.0391 e. The average molecular weight is 463 g/mol. The third kappa shape index (κ3) is 12.5. The molecule has 0 aromatic heterocycles. The van der Waals surface area contributed by atoms with Crippen molar-refractivity contribution in [1.29, 1.82) is 0 Å². The van der Waals surface area contributed by atoms with E-state index in [1.165, 1.54) is 96.3 Å². The van der Waals surface area contributed by atoms with Gasteiger partial charge in [0.2, 0.25) is 0 Å². The van der Waals surface area contributed by atoms with Crippen LogP contribution in [0.5, 0.6) is 0 Å². The number of rotatable bonds is 6. The van der Waals surface area contributed by atoms with Gasteiger partial charge in [0.25, 0.3) is 0 Å². The highest BCUT2D eigenvalue weighted by molar-refractivity contribution is 4.75. The molecule has 0 atom stereocenters. The van der Waals surface area contributed by atoms with E-state index in [2.05, 4.69) is 62.3 Å². The third-order valence-corrected chi connectivity index (χ3v) is 10.2. The quantitative estimate of drug-likeness (QED) is 0.368. The van der Waals surface area contributed by atoms with Crippen molar-refractivity contribution in [3.05, 3.63) is 0 Å². The summed E-state index contributed by atoms with van der Waals surface area (Å²) in [7, 11) is 0. The molecule has 198 valence electrons. The normalized spacial score (nSPS) is 32.7. The molecule has 3 aliphatic rings. The fourth-order valence-electron chi connectivity index (χ4n) is 6.79. The van der Waals surface area contributed by atoms with Gasteiger partial charge in [-0.2, -0.15) is 0 Å².